The third-order valence-corrected chi connectivity index (χ3v) is 3.74. The number of aromatic nitrogens is 2. The molecule has 2 aromatic rings. The van der Waals surface area contributed by atoms with Crippen molar-refractivity contribution >= 4 is 23.4 Å². The van der Waals surface area contributed by atoms with E-state index in [2.05, 4.69) is 20.0 Å². The monoisotopic (exact) mass is 356 g/mol. The highest BCUT2D eigenvalue weighted by molar-refractivity contribution is 5.93. The summed E-state index contributed by atoms with van der Waals surface area (Å²) in [5.74, 6) is 0.0284. The Balaban J connectivity index is 2.13. The topological polar surface area (TPSA) is 84.4 Å². The fraction of sp³-hybridized carbons (Fsp3) is 0.368. The molecule has 0 spiro atoms. The highest BCUT2D eigenvalue weighted by Gasteiger charge is 2.16. The number of nitrogens with zero attached hydrogens (tertiary/aromatic N) is 3. The van der Waals surface area contributed by atoms with Crippen LogP contribution in [0, 0.1) is 0 Å². The number of nitrogens with one attached hydrogen (secondary N) is 1. The number of amides is 1. The first-order chi connectivity index (χ1) is 12.6. The lowest BCUT2D eigenvalue weighted by molar-refractivity contribution is 0.0600. The molecule has 0 aliphatic rings. The predicted octanol–water partition coefficient (Wildman–Crippen LogP) is 3.27. The summed E-state index contributed by atoms with van der Waals surface area (Å²) in [6, 6.07) is 8.44. The summed E-state index contributed by atoms with van der Waals surface area (Å²) in [4.78, 5) is 34.2. The maximum Gasteiger partial charge on any atom is 0.337 e. The van der Waals surface area contributed by atoms with Crippen LogP contribution in [0.15, 0.2) is 36.7 Å². The van der Waals surface area contributed by atoms with E-state index in [4.69, 9.17) is 0 Å². The number of anilines is 2. The van der Waals surface area contributed by atoms with Gasteiger partial charge in [-0.3, -0.25) is 4.79 Å². The molecule has 26 heavy (non-hydrogen) atoms. The van der Waals surface area contributed by atoms with Gasteiger partial charge in [0.1, 0.15) is 17.8 Å². The summed E-state index contributed by atoms with van der Waals surface area (Å²) in [6.07, 6.45) is 3.16. The number of rotatable bonds is 8. The third kappa shape index (κ3) is 5.02. The zero-order valence-corrected chi connectivity index (χ0v) is 15.4. The van der Waals surface area contributed by atoms with Gasteiger partial charge in [-0.25, -0.2) is 14.8 Å². The Morgan fingerprint density at radius 3 is 2.31 bits per heavy atom. The van der Waals surface area contributed by atoms with Crippen LogP contribution < -0.4 is 5.32 Å². The molecule has 0 saturated heterocycles. The number of esters is 1. The van der Waals surface area contributed by atoms with E-state index in [0.29, 0.717) is 30.2 Å². The molecule has 0 atom stereocenters. The summed E-state index contributed by atoms with van der Waals surface area (Å²) in [6.45, 7) is 5.49. The number of carbonyl (C=O) groups excluding carboxylic acids is 2. The van der Waals surface area contributed by atoms with E-state index in [1.165, 1.54) is 13.4 Å². The van der Waals surface area contributed by atoms with Crippen molar-refractivity contribution in [2.24, 2.45) is 0 Å². The van der Waals surface area contributed by atoms with Gasteiger partial charge in [-0.05, 0) is 37.1 Å². The number of carbonyl (C=O) groups is 2. The van der Waals surface area contributed by atoms with Gasteiger partial charge >= 0.3 is 5.97 Å². The predicted molar refractivity (Wildman–Crippen MR) is 99.6 cm³/mol. The molecule has 1 aromatic heterocycles. The average molecular weight is 356 g/mol. The second-order valence-electron chi connectivity index (χ2n) is 5.77. The Morgan fingerprint density at radius 2 is 1.73 bits per heavy atom. The average Bonchev–Trinajstić information content (AvgIpc) is 2.67. The van der Waals surface area contributed by atoms with Gasteiger partial charge in [0, 0.05) is 24.8 Å². The molecule has 1 N–H and O–H groups in total. The Morgan fingerprint density at radius 1 is 1.08 bits per heavy atom. The van der Waals surface area contributed by atoms with Crippen LogP contribution in [0.25, 0.3) is 0 Å². The van der Waals surface area contributed by atoms with Crippen molar-refractivity contribution < 1.29 is 14.3 Å². The first kappa shape index (κ1) is 19.4. The number of benzene rings is 1. The highest BCUT2D eigenvalue weighted by Crippen LogP contribution is 2.16. The van der Waals surface area contributed by atoms with Crippen molar-refractivity contribution in [3.63, 3.8) is 0 Å². The highest BCUT2D eigenvalue weighted by atomic mass is 16.5. The molecule has 0 fully saturated rings. The van der Waals surface area contributed by atoms with Crippen LogP contribution in [-0.2, 0) is 4.74 Å². The van der Waals surface area contributed by atoms with Gasteiger partial charge in [0.05, 0.1) is 12.7 Å². The first-order valence-electron chi connectivity index (χ1n) is 8.65. The minimum absolute atomic E-state index is 0.0970. The largest absolute Gasteiger partial charge is 0.465 e. The van der Waals surface area contributed by atoms with Crippen LogP contribution in [0.4, 0.5) is 11.5 Å². The van der Waals surface area contributed by atoms with Gasteiger partial charge in [0.2, 0.25) is 0 Å². The minimum atomic E-state index is -0.390. The molecule has 7 heteroatoms. The van der Waals surface area contributed by atoms with Crippen molar-refractivity contribution in [3.05, 3.63) is 47.9 Å². The van der Waals surface area contributed by atoms with Crippen LogP contribution in [0.2, 0.25) is 0 Å². The summed E-state index contributed by atoms with van der Waals surface area (Å²) >= 11 is 0. The smallest absolute Gasteiger partial charge is 0.337 e. The van der Waals surface area contributed by atoms with E-state index in [1.807, 2.05) is 13.8 Å². The molecule has 0 aliphatic heterocycles. The lowest BCUT2D eigenvalue weighted by Gasteiger charge is -2.21. The zero-order valence-electron chi connectivity index (χ0n) is 15.4. The van der Waals surface area contributed by atoms with Crippen molar-refractivity contribution in [3.8, 4) is 0 Å². The molecule has 0 bridgehead atoms. The van der Waals surface area contributed by atoms with Gasteiger partial charge < -0.3 is 15.0 Å². The Kier molecular flexibility index (Phi) is 7.08. The number of hydrogen-bond donors (Lipinski definition) is 1. The Bertz CT molecular complexity index is 741. The van der Waals surface area contributed by atoms with E-state index < -0.39 is 5.97 Å². The standard InChI is InChI=1S/C19H24N4O3/c1-4-10-23(11-5-2)18(24)16-12-17(21-13-20-16)22-15-8-6-14(7-9-15)19(25)26-3/h6-9,12-13H,4-5,10-11H2,1-3H3,(H,20,21,22). The second-order valence-corrected chi connectivity index (χ2v) is 5.77. The molecule has 2 rings (SSSR count). The molecule has 1 aromatic carbocycles. The summed E-state index contributed by atoms with van der Waals surface area (Å²) < 4.78 is 4.68. The molecule has 0 saturated carbocycles. The maximum atomic E-state index is 12.6. The van der Waals surface area contributed by atoms with Gasteiger partial charge in [0.25, 0.3) is 5.91 Å². The molecule has 138 valence electrons. The van der Waals surface area contributed by atoms with E-state index in [0.717, 1.165) is 18.5 Å². The SMILES string of the molecule is CCCN(CCC)C(=O)c1cc(Nc2ccc(C(=O)OC)cc2)ncn1. The van der Waals surface area contributed by atoms with Crippen molar-refractivity contribution in [1.29, 1.82) is 0 Å². The minimum Gasteiger partial charge on any atom is -0.465 e. The first-order valence-corrected chi connectivity index (χ1v) is 8.65. The molecule has 0 aliphatic carbocycles. The molecule has 1 amide bonds. The van der Waals surface area contributed by atoms with Crippen molar-refractivity contribution in [1.82, 2.24) is 14.9 Å². The zero-order chi connectivity index (χ0) is 18.9. The van der Waals surface area contributed by atoms with Gasteiger partial charge in [-0.2, -0.15) is 0 Å². The summed E-state index contributed by atoms with van der Waals surface area (Å²) in [5.41, 5.74) is 1.57. The van der Waals surface area contributed by atoms with E-state index in [1.54, 1.807) is 35.2 Å². The van der Waals surface area contributed by atoms with Crippen LogP contribution in [-0.4, -0.2) is 46.9 Å². The normalized spacial score (nSPS) is 10.3. The van der Waals surface area contributed by atoms with Gasteiger partial charge in [0.15, 0.2) is 0 Å². The van der Waals surface area contributed by atoms with Crippen LogP contribution >= 0.6 is 0 Å². The maximum absolute atomic E-state index is 12.6. The van der Waals surface area contributed by atoms with Crippen molar-refractivity contribution in [2.75, 3.05) is 25.5 Å². The van der Waals surface area contributed by atoms with Gasteiger partial charge in [-0.15, -0.1) is 0 Å². The number of methoxy groups -OCH3 is 1. The summed E-state index contributed by atoms with van der Waals surface area (Å²) in [5, 5.41) is 3.11. The van der Waals surface area contributed by atoms with E-state index in [-0.39, 0.29) is 5.91 Å². The lowest BCUT2D eigenvalue weighted by Crippen LogP contribution is -2.33. The quantitative estimate of drug-likeness (QED) is 0.731. The second kappa shape index (κ2) is 9.50. The fourth-order valence-electron chi connectivity index (χ4n) is 2.51. The number of ether oxygens (including phenoxy) is 1. The van der Waals surface area contributed by atoms with Crippen LogP contribution in [0.1, 0.15) is 47.5 Å². The lowest BCUT2D eigenvalue weighted by atomic mass is 10.2. The Labute approximate surface area is 153 Å². The summed E-state index contributed by atoms with van der Waals surface area (Å²) in [7, 11) is 1.34. The van der Waals surface area contributed by atoms with E-state index >= 15 is 0 Å². The van der Waals surface area contributed by atoms with Crippen LogP contribution in [0.3, 0.4) is 0 Å². The number of hydrogen-bond acceptors (Lipinski definition) is 6. The third-order valence-electron chi connectivity index (χ3n) is 3.74. The van der Waals surface area contributed by atoms with E-state index in [9.17, 15) is 9.59 Å². The molecule has 7 nitrogen and oxygen atoms in total. The molecule has 0 unspecified atom stereocenters. The fourth-order valence-corrected chi connectivity index (χ4v) is 2.51. The van der Waals surface area contributed by atoms with Crippen molar-refractivity contribution in [2.45, 2.75) is 26.7 Å². The van der Waals surface area contributed by atoms with Crippen LogP contribution in [0.5, 0.6) is 0 Å². The van der Waals surface area contributed by atoms with Gasteiger partial charge in [-0.1, -0.05) is 13.8 Å². The molecule has 1 heterocycles. The molecular weight excluding hydrogens is 332 g/mol. The Hall–Kier alpha value is -2.96. The molecule has 0 radical (unpaired) electrons. The molecular formula is C19H24N4O3.